The summed E-state index contributed by atoms with van der Waals surface area (Å²) < 4.78 is 24.2. The molecule has 1 aliphatic rings. The normalized spacial score (nSPS) is 15.5. The second-order valence-corrected chi connectivity index (χ2v) is 12.4. The summed E-state index contributed by atoms with van der Waals surface area (Å²) in [6, 6.07) is 16.5. The molecular weight excluding hydrogens is 574 g/mol. The van der Waals surface area contributed by atoms with Crippen molar-refractivity contribution in [1.82, 2.24) is 5.32 Å². The van der Waals surface area contributed by atoms with Crippen molar-refractivity contribution < 1.29 is 23.7 Å². The fraction of sp³-hybridized carbons (Fsp3) is 0.486. The summed E-state index contributed by atoms with van der Waals surface area (Å²) in [6.07, 6.45) is 4.19. The van der Waals surface area contributed by atoms with Gasteiger partial charge in [0, 0.05) is 18.2 Å². The van der Waals surface area contributed by atoms with Gasteiger partial charge in [0.15, 0.2) is 0 Å². The van der Waals surface area contributed by atoms with Gasteiger partial charge in [0.05, 0.1) is 24.3 Å². The minimum Gasteiger partial charge on any atom is -0.493 e. The van der Waals surface area contributed by atoms with E-state index in [-0.39, 0.29) is 18.2 Å². The van der Waals surface area contributed by atoms with Crippen molar-refractivity contribution in [1.29, 1.82) is 0 Å². The van der Waals surface area contributed by atoms with Crippen LogP contribution in [0, 0.1) is 6.92 Å². The highest BCUT2D eigenvalue weighted by molar-refractivity contribution is 6.32. The van der Waals surface area contributed by atoms with Gasteiger partial charge in [-0.15, -0.1) is 0 Å². The molecule has 7 heteroatoms. The molecule has 1 aliphatic carbocycles. The van der Waals surface area contributed by atoms with Crippen LogP contribution in [0.1, 0.15) is 95.6 Å². The second kappa shape index (κ2) is 15.2. The predicted octanol–water partition coefficient (Wildman–Crippen LogP) is 9.17. The first-order valence-corrected chi connectivity index (χ1v) is 16.4. The van der Waals surface area contributed by atoms with Gasteiger partial charge in [-0.25, -0.2) is 0 Å². The van der Waals surface area contributed by atoms with E-state index in [4.69, 9.17) is 30.5 Å². The number of unbranched alkanes of at least 4 members (excludes halogenated alkanes) is 1. The molecule has 0 aromatic heterocycles. The molecule has 0 fully saturated rings. The van der Waals surface area contributed by atoms with Crippen molar-refractivity contribution >= 4 is 17.6 Å². The maximum absolute atomic E-state index is 12.8. The third-order valence-electron chi connectivity index (χ3n) is 8.40. The average molecular weight is 622 g/mol. The van der Waals surface area contributed by atoms with Crippen LogP contribution in [0.25, 0.3) is 11.1 Å². The first-order chi connectivity index (χ1) is 21.1. The van der Waals surface area contributed by atoms with Gasteiger partial charge in [0.1, 0.15) is 28.9 Å². The van der Waals surface area contributed by atoms with Crippen LogP contribution in [0.5, 0.6) is 17.2 Å². The van der Waals surface area contributed by atoms with Crippen LogP contribution in [0.15, 0.2) is 48.5 Å². The fourth-order valence-electron chi connectivity index (χ4n) is 5.60. The number of carbonyl (C=O) groups is 1. The van der Waals surface area contributed by atoms with Crippen molar-refractivity contribution in [3.63, 3.8) is 0 Å². The number of benzene rings is 3. The van der Waals surface area contributed by atoms with Crippen molar-refractivity contribution in [3.8, 4) is 28.4 Å². The highest BCUT2D eigenvalue weighted by Crippen LogP contribution is 2.44. The van der Waals surface area contributed by atoms with E-state index in [1.165, 1.54) is 22.3 Å². The molecule has 0 aliphatic heterocycles. The minimum absolute atomic E-state index is 0.126. The molecule has 0 radical (unpaired) electrons. The van der Waals surface area contributed by atoms with Crippen molar-refractivity contribution in [3.05, 3.63) is 75.8 Å². The Balaban J connectivity index is 1.56. The lowest BCUT2D eigenvalue weighted by atomic mass is 9.93. The number of hydrogen-bond donors (Lipinski definition) is 1. The lowest BCUT2D eigenvalue weighted by Gasteiger charge is -2.29. The maximum atomic E-state index is 12.8. The second-order valence-electron chi connectivity index (χ2n) is 12.0. The van der Waals surface area contributed by atoms with Crippen LogP contribution in [0.2, 0.25) is 5.02 Å². The van der Waals surface area contributed by atoms with Crippen LogP contribution in [-0.2, 0) is 22.5 Å². The van der Waals surface area contributed by atoms with Crippen LogP contribution < -0.4 is 19.5 Å². The number of halogens is 1. The van der Waals surface area contributed by atoms with Crippen LogP contribution in [0.4, 0.5) is 0 Å². The standard InChI is InChI=1S/C37H48ClNO5/c1-8-11-20-42-32-17-13-14-27(25(32)6)28-15-12-16-30-29(28)18-19-33(30)44-35-22-34(41-10-3)26(21-31(35)38)23-39-37(7,9-2)36(40)43-24(4)5/h12-17,21-22,24,33,39H,8-11,18-20,23H2,1-7H3/t33-,37-/m0/s1. The van der Waals surface area contributed by atoms with E-state index in [0.717, 1.165) is 49.2 Å². The summed E-state index contributed by atoms with van der Waals surface area (Å²) in [5.41, 5.74) is 6.09. The molecule has 0 bridgehead atoms. The third kappa shape index (κ3) is 7.70. The molecule has 1 N–H and O–H groups in total. The van der Waals surface area contributed by atoms with Gasteiger partial charge in [0.25, 0.3) is 0 Å². The van der Waals surface area contributed by atoms with Crippen molar-refractivity contribution in [2.75, 3.05) is 13.2 Å². The molecule has 4 rings (SSSR count). The first kappa shape index (κ1) is 33.7. The first-order valence-electron chi connectivity index (χ1n) is 16.0. The lowest BCUT2D eigenvalue weighted by Crippen LogP contribution is -2.50. The van der Waals surface area contributed by atoms with E-state index in [1.54, 1.807) is 0 Å². The zero-order valence-electron chi connectivity index (χ0n) is 27.3. The van der Waals surface area contributed by atoms with E-state index in [9.17, 15) is 4.79 Å². The van der Waals surface area contributed by atoms with Crippen molar-refractivity contribution in [2.24, 2.45) is 0 Å². The Morgan fingerprint density at radius 3 is 2.48 bits per heavy atom. The number of nitrogens with one attached hydrogen (secondary N) is 1. The molecule has 0 saturated carbocycles. The van der Waals surface area contributed by atoms with Gasteiger partial charge in [-0.05, 0) is 100 Å². The molecule has 6 nitrogen and oxygen atoms in total. The van der Waals surface area contributed by atoms with Crippen LogP contribution in [-0.4, -0.2) is 30.8 Å². The number of carbonyl (C=O) groups excluding carboxylic acids is 1. The van der Waals surface area contributed by atoms with E-state index < -0.39 is 5.54 Å². The molecule has 2 atom stereocenters. The Labute approximate surface area is 268 Å². The van der Waals surface area contributed by atoms with E-state index in [2.05, 4.69) is 55.6 Å². The summed E-state index contributed by atoms with van der Waals surface area (Å²) in [5, 5.41) is 3.89. The topological polar surface area (TPSA) is 66.0 Å². The van der Waals surface area contributed by atoms with Gasteiger partial charge in [0.2, 0.25) is 0 Å². The van der Waals surface area contributed by atoms with E-state index in [1.807, 2.05) is 46.8 Å². The highest BCUT2D eigenvalue weighted by atomic mass is 35.5. The summed E-state index contributed by atoms with van der Waals surface area (Å²) in [7, 11) is 0. The Morgan fingerprint density at radius 1 is 1.02 bits per heavy atom. The molecule has 3 aromatic carbocycles. The zero-order chi connectivity index (χ0) is 31.9. The van der Waals surface area contributed by atoms with Gasteiger partial charge >= 0.3 is 5.97 Å². The van der Waals surface area contributed by atoms with Crippen molar-refractivity contribution in [2.45, 2.75) is 105 Å². The Morgan fingerprint density at radius 2 is 1.77 bits per heavy atom. The Kier molecular flexibility index (Phi) is 11.6. The predicted molar refractivity (Wildman–Crippen MR) is 178 cm³/mol. The van der Waals surface area contributed by atoms with Gasteiger partial charge in [-0.3, -0.25) is 10.1 Å². The number of rotatable bonds is 15. The molecule has 0 spiro atoms. The quantitative estimate of drug-likeness (QED) is 0.135. The molecule has 3 aromatic rings. The number of esters is 1. The molecule has 0 unspecified atom stereocenters. The number of ether oxygens (including phenoxy) is 4. The summed E-state index contributed by atoms with van der Waals surface area (Å²) in [4.78, 5) is 12.8. The van der Waals surface area contributed by atoms with Gasteiger partial charge in [-0.1, -0.05) is 62.2 Å². The van der Waals surface area contributed by atoms with Crippen LogP contribution >= 0.6 is 11.6 Å². The monoisotopic (exact) mass is 621 g/mol. The largest absolute Gasteiger partial charge is 0.493 e. The molecule has 0 heterocycles. The highest BCUT2D eigenvalue weighted by Gasteiger charge is 2.34. The van der Waals surface area contributed by atoms with E-state index >= 15 is 0 Å². The molecule has 238 valence electrons. The minimum atomic E-state index is -0.833. The molecule has 44 heavy (non-hydrogen) atoms. The summed E-state index contributed by atoms with van der Waals surface area (Å²) in [5.74, 6) is 1.93. The Hall–Kier alpha value is -3.22. The average Bonchev–Trinajstić information content (AvgIpc) is 3.41. The SMILES string of the molecule is CCCCOc1cccc(-c2cccc3c2CC[C@@H]3Oc2cc(OCC)c(CN[C@@](C)(CC)C(=O)OC(C)C)cc2Cl)c1C. The Bertz CT molecular complexity index is 1440. The van der Waals surface area contributed by atoms with Gasteiger partial charge in [-0.2, -0.15) is 0 Å². The van der Waals surface area contributed by atoms with E-state index in [0.29, 0.717) is 36.1 Å². The third-order valence-corrected chi connectivity index (χ3v) is 8.69. The lowest BCUT2D eigenvalue weighted by molar-refractivity contribution is -0.155. The fourth-order valence-corrected chi connectivity index (χ4v) is 5.83. The number of fused-ring (bicyclic) bond motifs is 1. The molecule has 0 saturated heterocycles. The molecule has 0 amide bonds. The summed E-state index contributed by atoms with van der Waals surface area (Å²) in [6.45, 7) is 15.4. The maximum Gasteiger partial charge on any atom is 0.326 e. The van der Waals surface area contributed by atoms with Crippen LogP contribution in [0.3, 0.4) is 0 Å². The number of hydrogen-bond acceptors (Lipinski definition) is 6. The van der Waals surface area contributed by atoms with Gasteiger partial charge < -0.3 is 18.9 Å². The summed E-state index contributed by atoms with van der Waals surface area (Å²) >= 11 is 6.83. The molecular formula is C37H48ClNO5. The zero-order valence-corrected chi connectivity index (χ0v) is 28.1. The smallest absolute Gasteiger partial charge is 0.326 e.